The van der Waals surface area contributed by atoms with Crippen LogP contribution in [0.2, 0.25) is 0 Å². The second-order valence-corrected chi connectivity index (χ2v) is 14.7. The molecule has 0 aliphatic heterocycles. The number of rotatable bonds is 12. The molecule has 1 aromatic rings. The van der Waals surface area contributed by atoms with Crippen LogP contribution in [0.4, 0.5) is 0 Å². The summed E-state index contributed by atoms with van der Waals surface area (Å²) in [5.74, 6) is -0.665. The normalized spacial score (nSPS) is 36.0. The Bertz CT molecular complexity index is 1160. The molecular weight excluding hydrogens is 550 g/mol. The Morgan fingerprint density at radius 1 is 1.14 bits per heavy atom. The summed E-state index contributed by atoms with van der Waals surface area (Å²) < 4.78 is 8.46. The van der Waals surface area contributed by atoms with Gasteiger partial charge in [0, 0.05) is 53.0 Å². The minimum atomic E-state index is -0.738. The summed E-state index contributed by atoms with van der Waals surface area (Å²) in [4.78, 5) is 38.5. The fourth-order valence-electron chi connectivity index (χ4n) is 8.45. The van der Waals surface area contributed by atoms with Gasteiger partial charge in [0.15, 0.2) is 12.4 Å². The second-order valence-electron chi connectivity index (χ2n) is 13.7. The first-order valence-corrected chi connectivity index (χ1v) is 16.7. The van der Waals surface area contributed by atoms with Gasteiger partial charge in [-0.3, -0.25) is 14.4 Å². The van der Waals surface area contributed by atoms with E-state index in [0.717, 1.165) is 56.4 Å². The van der Waals surface area contributed by atoms with Crippen molar-refractivity contribution in [3.63, 3.8) is 0 Å². The molecule has 232 valence electrons. The lowest BCUT2D eigenvalue weighted by Gasteiger charge is -2.61. The third-order valence-electron chi connectivity index (χ3n) is 11.3. The molecule has 0 amide bonds. The zero-order valence-electron chi connectivity index (χ0n) is 25.8. The Hall–Kier alpha value is -2.19. The standard InChI is InChI=1S/C34H49NO6S/c1-6-32(4)21-27(33(5)23(2)12-16-34(24(3)31(32)40)17-13-26(36)30(33)34)41-29(39)22-42-25-14-19-35(20-15-25)18-10-8-7-9-11-28(37)38/h6,14-15,19-20,23-24,27,30-31,40H,1,7-13,16-18,21-22H2,2-5H3/p+1/t23-,24+,27-,30+,31+,32-,33+,34+/m1/s1. The maximum atomic E-state index is 13.6. The number of Topliss-reactive ketones (excluding diaryl/α,β-unsaturated/α-hetero) is 1. The Morgan fingerprint density at radius 3 is 2.50 bits per heavy atom. The van der Waals surface area contributed by atoms with E-state index in [1.54, 1.807) is 0 Å². The van der Waals surface area contributed by atoms with Gasteiger partial charge in [-0.05, 0) is 55.8 Å². The topological polar surface area (TPSA) is 105 Å². The number of aryl methyl sites for hydroxylation is 1. The smallest absolute Gasteiger partial charge is 0.316 e. The number of ketones is 1. The van der Waals surface area contributed by atoms with Gasteiger partial charge in [0.25, 0.3) is 0 Å². The van der Waals surface area contributed by atoms with Crippen LogP contribution in [-0.2, 0) is 25.7 Å². The van der Waals surface area contributed by atoms with Crippen molar-refractivity contribution in [1.82, 2.24) is 0 Å². The van der Waals surface area contributed by atoms with E-state index in [1.807, 2.05) is 37.5 Å². The van der Waals surface area contributed by atoms with Crippen LogP contribution in [-0.4, -0.2) is 45.9 Å². The molecule has 7 nitrogen and oxygen atoms in total. The fourth-order valence-corrected chi connectivity index (χ4v) is 9.12. The summed E-state index contributed by atoms with van der Waals surface area (Å²) in [6.07, 6.45) is 12.2. The number of thioether (sulfide) groups is 1. The van der Waals surface area contributed by atoms with Gasteiger partial charge in [-0.25, -0.2) is 4.57 Å². The predicted octanol–water partition coefficient (Wildman–Crippen LogP) is 6.01. The highest BCUT2D eigenvalue weighted by Gasteiger charge is 2.68. The lowest BCUT2D eigenvalue weighted by Crippen LogP contribution is -2.63. The molecule has 8 heteroatoms. The number of carbonyl (C=O) groups is 3. The highest BCUT2D eigenvalue weighted by atomic mass is 32.2. The van der Waals surface area contributed by atoms with Crippen molar-refractivity contribution in [2.45, 2.75) is 116 Å². The molecule has 3 saturated carbocycles. The van der Waals surface area contributed by atoms with Crippen molar-refractivity contribution in [3.8, 4) is 0 Å². The number of aliphatic hydroxyl groups is 1. The molecule has 0 unspecified atom stereocenters. The van der Waals surface area contributed by atoms with Gasteiger partial charge in [-0.15, -0.1) is 18.3 Å². The number of esters is 1. The molecule has 0 spiro atoms. The molecule has 42 heavy (non-hydrogen) atoms. The van der Waals surface area contributed by atoms with Crippen molar-refractivity contribution < 1.29 is 33.9 Å². The molecule has 0 aromatic carbocycles. The first-order valence-electron chi connectivity index (χ1n) is 15.7. The van der Waals surface area contributed by atoms with E-state index in [9.17, 15) is 19.5 Å². The minimum absolute atomic E-state index is 0.0474. The molecule has 1 aromatic heterocycles. The van der Waals surface area contributed by atoms with Crippen LogP contribution < -0.4 is 4.57 Å². The van der Waals surface area contributed by atoms with Crippen molar-refractivity contribution in [2.75, 3.05) is 5.75 Å². The van der Waals surface area contributed by atoms with Gasteiger partial charge in [0.05, 0.1) is 11.9 Å². The number of unbranched alkanes of at least 4 members (excludes halogenated alkanes) is 3. The van der Waals surface area contributed by atoms with Gasteiger partial charge < -0.3 is 14.9 Å². The van der Waals surface area contributed by atoms with Crippen molar-refractivity contribution in [1.29, 1.82) is 0 Å². The second kappa shape index (κ2) is 13.2. The van der Waals surface area contributed by atoms with Crippen LogP contribution in [0.5, 0.6) is 0 Å². The van der Waals surface area contributed by atoms with Crippen molar-refractivity contribution >= 4 is 29.5 Å². The largest absolute Gasteiger partial charge is 0.481 e. The Morgan fingerprint density at radius 2 is 1.83 bits per heavy atom. The summed E-state index contributed by atoms with van der Waals surface area (Å²) in [6, 6.07) is 4.00. The number of hydrogen-bond acceptors (Lipinski definition) is 6. The lowest BCUT2D eigenvalue weighted by molar-refractivity contribution is -0.697. The maximum absolute atomic E-state index is 13.6. The van der Waals surface area contributed by atoms with Gasteiger partial charge in [-0.2, -0.15) is 0 Å². The van der Waals surface area contributed by atoms with Gasteiger partial charge in [-0.1, -0.05) is 40.2 Å². The number of hydrogen-bond donors (Lipinski definition) is 2. The van der Waals surface area contributed by atoms with E-state index < -0.39 is 29.0 Å². The molecule has 3 aliphatic carbocycles. The van der Waals surface area contributed by atoms with Crippen molar-refractivity contribution in [3.05, 3.63) is 37.2 Å². The van der Waals surface area contributed by atoms with E-state index in [1.165, 1.54) is 11.8 Å². The van der Waals surface area contributed by atoms with E-state index >= 15 is 0 Å². The molecule has 1 heterocycles. The van der Waals surface area contributed by atoms with Gasteiger partial charge in [0.2, 0.25) is 0 Å². The number of aliphatic carboxylic acids is 1. The molecule has 4 rings (SSSR count). The van der Waals surface area contributed by atoms with E-state index in [4.69, 9.17) is 9.84 Å². The van der Waals surface area contributed by atoms with Crippen LogP contribution in [0.3, 0.4) is 0 Å². The fraction of sp³-hybridized carbons (Fsp3) is 0.706. The van der Waals surface area contributed by atoms with Crippen LogP contribution in [0.1, 0.15) is 91.9 Å². The number of carbonyl (C=O) groups excluding carboxylic acids is 2. The maximum Gasteiger partial charge on any atom is 0.316 e. The number of aliphatic hydroxyl groups excluding tert-OH is 1. The quantitative estimate of drug-likeness (QED) is 0.0996. The minimum Gasteiger partial charge on any atom is -0.481 e. The summed E-state index contributed by atoms with van der Waals surface area (Å²) in [5, 5.41) is 20.4. The number of ether oxygens (including phenoxy) is 1. The molecule has 0 radical (unpaired) electrons. The molecule has 0 saturated heterocycles. The van der Waals surface area contributed by atoms with Gasteiger partial charge in [0.1, 0.15) is 18.4 Å². The van der Waals surface area contributed by atoms with Crippen LogP contribution in [0.25, 0.3) is 0 Å². The number of pyridine rings is 1. The average molecular weight is 601 g/mol. The third-order valence-corrected chi connectivity index (χ3v) is 12.3. The summed E-state index contributed by atoms with van der Waals surface area (Å²) >= 11 is 1.44. The number of carboxylic acids is 1. The number of carboxylic acid groups (broad SMARTS) is 1. The third kappa shape index (κ3) is 6.35. The average Bonchev–Trinajstić information content (AvgIpc) is 3.32. The van der Waals surface area contributed by atoms with Crippen LogP contribution >= 0.6 is 11.8 Å². The predicted molar refractivity (Wildman–Crippen MR) is 163 cm³/mol. The van der Waals surface area contributed by atoms with Crippen molar-refractivity contribution in [2.24, 2.45) is 34.0 Å². The zero-order valence-corrected chi connectivity index (χ0v) is 26.7. The summed E-state index contributed by atoms with van der Waals surface area (Å²) in [7, 11) is 0. The first-order chi connectivity index (χ1) is 19.9. The molecule has 2 bridgehead atoms. The lowest BCUT2D eigenvalue weighted by atomic mass is 9.44. The number of nitrogens with zero attached hydrogens (tertiary/aromatic N) is 1. The molecule has 3 fully saturated rings. The van der Waals surface area contributed by atoms with Crippen LogP contribution in [0.15, 0.2) is 42.1 Å². The number of aromatic nitrogens is 1. The highest BCUT2D eigenvalue weighted by Crippen LogP contribution is 2.68. The van der Waals surface area contributed by atoms with Gasteiger partial charge >= 0.3 is 11.9 Å². The van der Waals surface area contributed by atoms with Crippen LogP contribution in [0, 0.1) is 34.0 Å². The Balaban J connectivity index is 1.42. The molecule has 8 atom stereocenters. The first kappa shape index (κ1) is 32.7. The SMILES string of the molecule is C=C[C@]1(C)C[C@@H](OC(=O)CSc2cc[n+](CCCCCCC(=O)O)cc2)[C@]2(C)[C@H](C)CC[C@]3(CCC(=O)[C@H]32)[C@@H](C)[C@@H]1O. The Labute approximate surface area is 255 Å². The van der Waals surface area contributed by atoms with E-state index in [2.05, 4.69) is 31.9 Å². The molecule has 2 N–H and O–H groups in total. The molecular formula is C34H50NO6S+. The summed E-state index contributed by atoms with van der Waals surface area (Å²) in [6.45, 7) is 13.5. The summed E-state index contributed by atoms with van der Waals surface area (Å²) in [5.41, 5.74) is -1.42. The highest BCUT2D eigenvalue weighted by molar-refractivity contribution is 8.00. The molecule has 3 aliphatic rings. The van der Waals surface area contributed by atoms with E-state index in [0.29, 0.717) is 12.8 Å². The Kier molecular flexibility index (Phi) is 10.3. The zero-order chi connectivity index (χ0) is 30.7. The van der Waals surface area contributed by atoms with E-state index in [-0.39, 0.29) is 47.1 Å². The monoisotopic (exact) mass is 600 g/mol.